The SMILES string of the molecule is CC(C)CCCCNCC(=O)NC1CC1. The van der Waals surface area contributed by atoms with Crippen LogP contribution in [0.5, 0.6) is 0 Å². The van der Waals surface area contributed by atoms with Gasteiger partial charge in [0.1, 0.15) is 0 Å². The molecule has 15 heavy (non-hydrogen) atoms. The number of carbonyl (C=O) groups is 1. The third-order valence-electron chi connectivity index (χ3n) is 2.61. The zero-order chi connectivity index (χ0) is 11.1. The van der Waals surface area contributed by atoms with Crippen LogP contribution in [0, 0.1) is 5.92 Å². The minimum absolute atomic E-state index is 0.154. The summed E-state index contributed by atoms with van der Waals surface area (Å²) in [6, 6.07) is 0.486. The number of rotatable bonds is 8. The van der Waals surface area contributed by atoms with Crippen molar-refractivity contribution >= 4 is 5.91 Å². The van der Waals surface area contributed by atoms with Crippen LogP contribution >= 0.6 is 0 Å². The number of carbonyl (C=O) groups excluding carboxylic acids is 1. The van der Waals surface area contributed by atoms with Crippen molar-refractivity contribution in [2.45, 2.75) is 52.0 Å². The van der Waals surface area contributed by atoms with Crippen molar-refractivity contribution in [3.63, 3.8) is 0 Å². The number of hydrogen-bond acceptors (Lipinski definition) is 2. The maximum Gasteiger partial charge on any atom is 0.234 e. The highest BCUT2D eigenvalue weighted by atomic mass is 16.2. The van der Waals surface area contributed by atoms with E-state index in [9.17, 15) is 4.79 Å². The Morgan fingerprint density at radius 1 is 1.33 bits per heavy atom. The van der Waals surface area contributed by atoms with Crippen LogP contribution in [0.2, 0.25) is 0 Å². The molecule has 0 bridgehead atoms. The predicted molar refractivity (Wildman–Crippen MR) is 62.7 cm³/mol. The molecule has 0 atom stereocenters. The molecular formula is C12H24N2O. The molecule has 3 nitrogen and oxygen atoms in total. The zero-order valence-corrected chi connectivity index (χ0v) is 10.0. The zero-order valence-electron chi connectivity index (χ0n) is 10.0. The number of nitrogens with one attached hydrogen (secondary N) is 2. The Balaban J connectivity index is 1.81. The Morgan fingerprint density at radius 2 is 2.07 bits per heavy atom. The molecule has 1 amide bonds. The second-order valence-electron chi connectivity index (χ2n) is 4.91. The lowest BCUT2D eigenvalue weighted by molar-refractivity contribution is -0.120. The number of unbranched alkanes of at least 4 members (excludes halogenated alkanes) is 1. The Kier molecular flexibility index (Phi) is 5.69. The molecule has 0 aromatic carbocycles. The van der Waals surface area contributed by atoms with Crippen LogP contribution < -0.4 is 10.6 Å². The smallest absolute Gasteiger partial charge is 0.234 e. The van der Waals surface area contributed by atoms with E-state index in [1.165, 1.54) is 32.1 Å². The minimum atomic E-state index is 0.154. The monoisotopic (exact) mass is 212 g/mol. The van der Waals surface area contributed by atoms with E-state index in [0.29, 0.717) is 12.6 Å². The van der Waals surface area contributed by atoms with Gasteiger partial charge in [-0.1, -0.05) is 26.7 Å². The molecule has 0 aliphatic heterocycles. The molecule has 0 unspecified atom stereocenters. The lowest BCUT2D eigenvalue weighted by atomic mass is 10.1. The first-order valence-corrected chi connectivity index (χ1v) is 6.18. The summed E-state index contributed by atoms with van der Waals surface area (Å²) in [6.07, 6.45) is 6.06. The van der Waals surface area contributed by atoms with Gasteiger partial charge in [-0.2, -0.15) is 0 Å². The molecule has 0 aromatic rings. The van der Waals surface area contributed by atoms with Crippen molar-refractivity contribution in [3.05, 3.63) is 0 Å². The van der Waals surface area contributed by atoms with Gasteiger partial charge in [0, 0.05) is 6.04 Å². The van der Waals surface area contributed by atoms with Crippen molar-refractivity contribution in [2.24, 2.45) is 5.92 Å². The van der Waals surface area contributed by atoms with E-state index in [-0.39, 0.29) is 5.91 Å². The van der Waals surface area contributed by atoms with Crippen molar-refractivity contribution < 1.29 is 4.79 Å². The van der Waals surface area contributed by atoms with Crippen molar-refractivity contribution in [1.29, 1.82) is 0 Å². The van der Waals surface area contributed by atoms with E-state index in [4.69, 9.17) is 0 Å². The van der Waals surface area contributed by atoms with Gasteiger partial charge in [0.05, 0.1) is 6.54 Å². The van der Waals surface area contributed by atoms with Crippen LogP contribution in [0.3, 0.4) is 0 Å². The quantitative estimate of drug-likeness (QED) is 0.601. The van der Waals surface area contributed by atoms with Crippen LogP contribution in [0.15, 0.2) is 0 Å². The molecule has 0 aromatic heterocycles. The van der Waals surface area contributed by atoms with Gasteiger partial charge in [0.25, 0.3) is 0 Å². The Morgan fingerprint density at radius 3 is 2.67 bits per heavy atom. The molecule has 1 aliphatic rings. The molecule has 0 spiro atoms. The highest BCUT2D eigenvalue weighted by Gasteiger charge is 2.22. The van der Waals surface area contributed by atoms with Crippen molar-refractivity contribution in [1.82, 2.24) is 10.6 Å². The van der Waals surface area contributed by atoms with E-state index in [0.717, 1.165) is 12.5 Å². The molecule has 0 heterocycles. The molecule has 1 rings (SSSR count). The third-order valence-corrected chi connectivity index (χ3v) is 2.61. The molecule has 88 valence electrons. The summed E-state index contributed by atoms with van der Waals surface area (Å²) >= 11 is 0. The first kappa shape index (κ1) is 12.5. The summed E-state index contributed by atoms with van der Waals surface area (Å²) in [7, 11) is 0. The Labute approximate surface area is 93.0 Å². The van der Waals surface area contributed by atoms with E-state index >= 15 is 0 Å². The van der Waals surface area contributed by atoms with E-state index < -0.39 is 0 Å². The summed E-state index contributed by atoms with van der Waals surface area (Å²) in [6.45, 7) is 5.94. The first-order valence-electron chi connectivity index (χ1n) is 6.18. The first-order chi connectivity index (χ1) is 7.18. The molecular weight excluding hydrogens is 188 g/mol. The van der Waals surface area contributed by atoms with Gasteiger partial charge in [-0.3, -0.25) is 4.79 Å². The maximum atomic E-state index is 11.3. The van der Waals surface area contributed by atoms with Gasteiger partial charge < -0.3 is 10.6 Å². The van der Waals surface area contributed by atoms with Crippen LogP contribution in [-0.2, 0) is 4.79 Å². The average molecular weight is 212 g/mol. The molecule has 3 heteroatoms. The maximum absolute atomic E-state index is 11.3. The highest BCUT2D eigenvalue weighted by molar-refractivity contribution is 5.78. The fourth-order valence-electron chi connectivity index (χ4n) is 1.51. The number of hydrogen-bond donors (Lipinski definition) is 2. The second-order valence-corrected chi connectivity index (χ2v) is 4.91. The Bertz CT molecular complexity index is 188. The van der Waals surface area contributed by atoms with Crippen molar-refractivity contribution in [2.75, 3.05) is 13.1 Å². The summed E-state index contributed by atoms with van der Waals surface area (Å²) in [5, 5.41) is 6.14. The van der Waals surface area contributed by atoms with Gasteiger partial charge in [-0.15, -0.1) is 0 Å². The minimum Gasteiger partial charge on any atom is -0.352 e. The van der Waals surface area contributed by atoms with Gasteiger partial charge in [-0.25, -0.2) is 0 Å². The van der Waals surface area contributed by atoms with Crippen LogP contribution in [0.1, 0.15) is 46.0 Å². The second kappa shape index (κ2) is 6.83. The van der Waals surface area contributed by atoms with E-state index in [1.807, 2.05) is 0 Å². The molecule has 2 N–H and O–H groups in total. The van der Waals surface area contributed by atoms with Gasteiger partial charge in [0.15, 0.2) is 0 Å². The summed E-state index contributed by atoms with van der Waals surface area (Å²) in [5.41, 5.74) is 0. The predicted octanol–water partition coefficient (Wildman–Crippen LogP) is 1.68. The lowest BCUT2D eigenvalue weighted by Crippen LogP contribution is -2.35. The van der Waals surface area contributed by atoms with Crippen LogP contribution in [0.4, 0.5) is 0 Å². The van der Waals surface area contributed by atoms with E-state index in [1.54, 1.807) is 0 Å². The summed E-state index contributed by atoms with van der Waals surface area (Å²) in [4.78, 5) is 11.3. The van der Waals surface area contributed by atoms with Gasteiger partial charge in [-0.05, 0) is 31.7 Å². The van der Waals surface area contributed by atoms with E-state index in [2.05, 4.69) is 24.5 Å². The average Bonchev–Trinajstić information content (AvgIpc) is 2.94. The Hall–Kier alpha value is -0.570. The summed E-state index contributed by atoms with van der Waals surface area (Å²) < 4.78 is 0. The summed E-state index contributed by atoms with van der Waals surface area (Å²) in [5.74, 6) is 0.949. The molecule has 0 saturated heterocycles. The third kappa shape index (κ3) is 7.37. The fourth-order valence-corrected chi connectivity index (χ4v) is 1.51. The van der Waals surface area contributed by atoms with Gasteiger partial charge in [0.2, 0.25) is 5.91 Å². The van der Waals surface area contributed by atoms with Crippen LogP contribution in [-0.4, -0.2) is 25.0 Å². The van der Waals surface area contributed by atoms with Crippen molar-refractivity contribution in [3.8, 4) is 0 Å². The standard InChI is InChI=1S/C12H24N2O/c1-10(2)5-3-4-8-13-9-12(15)14-11-6-7-11/h10-11,13H,3-9H2,1-2H3,(H,14,15). The van der Waals surface area contributed by atoms with Crippen LogP contribution in [0.25, 0.3) is 0 Å². The van der Waals surface area contributed by atoms with Gasteiger partial charge >= 0.3 is 0 Å². The fraction of sp³-hybridized carbons (Fsp3) is 0.917. The molecule has 0 radical (unpaired) electrons. The number of amides is 1. The molecule has 1 saturated carbocycles. The lowest BCUT2D eigenvalue weighted by Gasteiger charge is -2.06. The largest absolute Gasteiger partial charge is 0.352 e. The molecule has 1 aliphatic carbocycles. The normalized spacial score (nSPS) is 15.7. The molecule has 1 fully saturated rings. The highest BCUT2D eigenvalue weighted by Crippen LogP contribution is 2.18. The topological polar surface area (TPSA) is 41.1 Å².